The van der Waals surface area contributed by atoms with Crippen molar-refractivity contribution in [3.63, 3.8) is 0 Å². The monoisotopic (exact) mass is 307 g/mol. The van der Waals surface area contributed by atoms with E-state index in [0.717, 1.165) is 12.2 Å². The van der Waals surface area contributed by atoms with Crippen LogP contribution in [0.15, 0.2) is 5.16 Å². The van der Waals surface area contributed by atoms with Gasteiger partial charge < -0.3 is 5.11 Å². The zero-order valence-corrected chi connectivity index (χ0v) is 12.8. The second kappa shape index (κ2) is 8.73. The maximum Gasteiger partial charge on any atom is 0.236 e. The summed E-state index contributed by atoms with van der Waals surface area (Å²) in [7, 11) is 0. The van der Waals surface area contributed by atoms with Gasteiger partial charge in [0.2, 0.25) is 16.2 Å². The second-order valence-electron chi connectivity index (χ2n) is 3.58. The molecule has 102 valence electrons. The van der Waals surface area contributed by atoms with Crippen LogP contribution in [0.25, 0.3) is 0 Å². The molecule has 0 bridgehead atoms. The summed E-state index contributed by atoms with van der Waals surface area (Å²) in [6.07, 6.45) is 1.07. The number of aliphatic hydroxyl groups is 1. The van der Waals surface area contributed by atoms with Crippen LogP contribution in [0.4, 0.5) is 5.13 Å². The molecule has 18 heavy (non-hydrogen) atoms. The molecule has 0 radical (unpaired) electrons. The number of aromatic nitrogens is 2. The average Bonchev–Trinajstić information content (AvgIpc) is 2.81. The first-order chi connectivity index (χ1) is 8.65. The summed E-state index contributed by atoms with van der Waals surface area (Å²) in [5.74, 6) is 1.19. The molecule has 0 aliphatic heterocycles. The Bertz CT molecular complexity index is 373. The number of carbonyl (C=O) groups excluding carboxylic acids is 1. The number of rotatable bonds is 8. The lowest BCUT2D eigenvalue weighted by atomic mass is 10.5. The minimum Gasteiger partial charge on any atom is -0.395 e. The van der Waals surface area contributed by atoms with Gasteiger partial charge >= 0.3 is 0 Å². The van der Waals surface area contributed by atoms with Gasteiger partial charge in [-0.15, -0.1) is 11.8 Å². The number of anilines is 1. The first-order valence-electron chi connectivity index (χ1n) is 5.64. The number of nitrogens with zero attached hydrogens (tertiary/aromatic N) is 2. The van der Waals surface area contributed by atoms with Crippen molar-refractivity contribution in [1.82, 2.24) is 9.36 Å². The van der Waals surface area contributed by atoms with Gasteiger partial charge in [0.1, 0.15) is 0 Å². The van der Waals surface area contributed by atoms with Crippen LogP contribution in [0.5, 0.6) is 0 Å². The van der Waals surface area contributed by atoms with Crippen molar-refractivity contribution in [1.29, 1.82) is 0 Å². The molecule has 1 rings (SSSR count). The quantitative estimate of drug-likeness (QED) is 0.716. The standard InChI is InChI=1S/C10H17N3O2S3/c1-3-4-16-10-12-9(18-13-10)11-8(15)6-17-7(2)5-14/h7,14H,3-6H2,1-2H3,(H,11,12,13,15). The van der Waals surface area contributed by atoms with Gasteiger partial charge in [0, 0.05) is 22.5 Å². The van der Waals surface area contributed by atoms with Crippen molar-refractivity contribution < 1.29 is 9.90 Å². The number of thioether (sulfide) groups is 2. The molecule has 0 saturated carbocycles. The smallest absolute Gasteiger partial charge is 0.236 e. The Labute approximate surface area is 119 Å². The third-order valence-corrected chi connectivity index (χ3v) is 4.79. The zero-order valence-electron chi connectivity index (χ0n) is 10.4. The largest absolute Gasteiger partial charge is 0.395 e. The van der Waals surface area contributed by atoms with Crippen LogP contribution < -0.4 is 5.32 Å². The molecule has 2 N–H and O–H groups in total. The van der Waals surface area contributed by atoms with Gasteiger partial charge in [-0.3, -0.25) is 10.1 Å². The Morgan fingerprint density at radius 1 is 1.61 bits per heavy atom. The second-order valence-corrected chi connectivity index (χ2v) is 6.82. The van der Waals surface area contributed by atoms with Gasteiger partial charge in [0.15, 0.2) is 0 Å². The molecule has 0 spiro atoms. The predicted molar refractivity (Wildman–Crippen MR) is 78.6 cm³/mol. The first kappa shape index (κ1) is 15.7. The molecule has 1 unspecified atom stereocenters. The molecule has 1 atom stereocenters. The van der Waals surface area contributed by atoms with E-state index in [2.05, 4.69) is 21.6 Å². The first-order valence-corrected chi connectivity index (χ1v) is 8.45. The fourth-order valence-corrected chi connectivity index (χ4v) is 2.97. The minimum atomic E-state index is -0.108. The summed E-state index contributed by atoms with van der Waals surface area (Å²) < 4.78 is 4.15. The highest BCUT2D eigenvalue weighted by molar-refractivity contribution is 8.00. The normalized spacial score (nSPS) is 12.4. The molecule has 1 heterocycles. The van der Waals surface area contributed by atoms with Crippen molar-refractivity contribution in [2.75, 3.05) is 23.4 Å². The van der Waals surface area contributed by atoms with Crippen LogP contribution in [0.2, 0.25) is 0 Å². The van der Waals surface area contributed by atoms with Gasteiger partial charge in [-0.05, 0) is 6.42 Å². The van der Waals surface area contributed by atoms with E-state index in [9.17, 15) is 4.79 Å². The molecule has 8 heteroatoms. The van der Waals surface area contributed by atoms with E-state index >= 15 is 0 Å². The van der Waals surface area contributed by atoms with Crippen molar-refractivity contribution >= 4 is 46.1 Å². The van der Waals surface area contributed by atoms with Crippen LogP contribution in [-0.4, -0.2) is 43.7 Å². The van der Waals surface area contributed by atoms with Gasteiger partial charge in [-0.25, -0.2) is 0 Å². The number of aliphatic hydroxyl groups excluding tert-OH is 1. The fraction of sp³-hybridized carbons (Fsp3) is 0.700. The molecule has 0 aromatic carbocycles. The Balaban J connectivity index is 2.33. The highest BCUT2D eigenvalue weighted by Gasteiger charge is 2.10. The molecule has 5 nitrogen and oxygen atoms in total. The molecule has 0 aliphatic carbocycles. The Morgan fingerprint density at radius 2 is 2.39 bits per heavy atom. The summed E-state index contributed by atoms with van der Waals surface area (Å²) in [5, 5.41) is 12.9. The Kier molecular flexibility index (Phi) is 7.64. The van der Waals surface area contributed by atoms with Crippen molar-refractivity contribution in [2.24, 2.45) is 0 Å². The van der Waals surface area contributed by atoms with Gasteiger partial charge in [-0.1, -0.05) is 25.6 Å². The van der Waals surface area contributed by atoms with E-state index in [0.29, 0.717) is 16.0 Å². The Morgan fingerprint density at radius 3 is 3.06 bits per heavy atom. The summed E-state index contributed by atoms with van der Waals surface area (Å²) in [6.45, 7) is 4.05. The number of hydrogen-bond acceptors (Lipinski definition) is 7. The highest BCUT2D eigenvalue weighted by atomic mass is 32.2. The minimum absolute atomic E-state index is 0.0702. The van der Waals surface area contributed by atoms with Crippen LogP contribution in [0, 0.1) is 0 Å². The molecule has 0 aliphatic rings. The van der Waals surface area contributed by atoms with Crippen molar-refractivity contribution in [3.8, 4) is 0 Å². The van der Waals surface area contributed by atoms with E-state index in [-0.39, 0.29) is 17.8 Å². The summed E-state index contributed by atoms with van der Waals surface area (Å²) in [6, 6.07) is 0. The lowest BCUT2D eigenvalue weighted by Crippen LogP contribution is -2.16. The van der Waals surface area contributed by atoms with Gasteiger partial charge in [0.25, 0.3) is 0 Å². The summed E-state index contributed by atoms with van der Waals surface area (Å²) >= 11 is 4.20. The fourth-order valence-electron chi connectivity index (χ4n) is 0.939. The van der Waals surface area contributed by atoms with Crippen LogP contribution in [-0.2, 0) is 4.79 Å². The SMILES string of the molecule is CCCSc1nsc(NC(=O)CSC(C)CO)n1. The lowest BCUT2D eigenvalue weighted by molar-refractivity contribution is -0.113. The third kappa shape index (κ3) is 6.03. The maximum absolute atomic E-state index is 11.6. The molecular weight excluding hydrogens is 290 g/mol. The molecule has 1 aromatic heterocycles. The summed E-state index contributed by atoms with van der Waals surface area (Å²) in [5.41, 5.74) is 0. The topological polar surface area (TPSA) is 75.1 Å². The van der Waals surface area contributed by atoms with Crippen molar-refractivity contribution in [2.45, 2.75) is 30.7 Å². The zero-order chi connectivity index (χ0) is 13.4. The van der Waals surface area contributed by atoms with Gasteiger partial charge in [-0.2, -0.15) is 9.36 Å². The van der Waals surface area contributed by atoms with Crippen molar-refractivity contribution in [3.05, 3.63) is 0 Å². The van der Waals surface area contributed by atoms with E-state index in [4.69, 9.17) is 5.11 Å². The van der Waals surface area contributed by atoms with Crippen LogP contribution in [0.3, 0.4) is 0 Å². The van der Waals surface area contributed by atoms with Crippen LogP contribution >= 0.6 is 35.1 Å². The van der Waals surface area contributed by atoms with E-state index < -0.39 is 0 Å². The van der Waals surface area contributed by atoms with E-state index in [1.807, 2.05) is 6.92 Å². The highest BCUT2D eigenvalue weighted by Crippen LogP contribution is 2.20. The Hall–Kier alpha value is -0.310. The van der Waals surface area contributed by atoms with Gasteiger partial charge in [0.05, 0.1) is 12.4 Å². The molecule has 0 fully saturated rings. The third-order valence-electron chi connectivity index (χ3n) is 1.85. The number of hydrogen-bond donors (Lipinski definition) is 2. The maximum atomic E-state index is 11.6. The number of amides is 1. The average molecular weight is 307 g/mol. The molecule has 1 amide bonds. The molecule has 0 saturated heterocycles. The number of carbonyl (C=O) groups is 1. The molecule has 1 aromatic rings. The van der Waals surface area contributed by atoms with Crippen LogP contribution in [0.1, 0.15) is 20.3 Å². The van der Waals surface area contributed by atoms with E-state index in [1.165, 1.54) is 23.3 Å². The predicted octanol–water partition coefficient (Wildman–Crippen LogP) is 2.09. The lowest BCUT2D eigenvalue weighted by Gasteiger charge is -2.06. The van der Waals surface area contributed by atoms with E-state index in [1.54, 1.807) is 11.8 Å². The molecular formula is C10H17N3O2S3. The summed E-state index contributed by atoms with van der Waals surface area (Å²) in [4.78, 5) is 15.8. The number of nitrogens with one attached hydrogen (secondary N) is 1.